The molecule has 35 heavy (non-hydrogen) atoms. The number of hydrogen-bond donors (Lipinski definition) is 1. The van der Waals surface area contributed by atoms with Crippen LogP contribution in [0.2, 0.25) is 0 Å². The van der Waals surface area contributed by atoms with Gasteiger partial charge in [-0.15, -0.1) is 0 Å². The molecule has 3 aliphatic heterocycles. The topological polar surface area (TPSA) is 44.8 Å². The van der Waals surface area contributed by atoms with Crippen molar-refractivity contribution in [1.29, 1.82) is 0 Å². The molecule has 0 spiro atoms. The lowest BCUT2D eigenvalue weighted by Crippen LogP contribution is -2.39. The van der Waals surface area contributed by atoms with Crippen LogP contribution < -0.4 is 10.1 Å². The first-order valence-electron chi connectivity index (χ1n) is 13.6. The van der Waals surface area contributed by atoms with E-state index in [2.05, 4.69) is 66.2 Å². The molecule has 0 saturated carbocycles. The van der Waals surface area contributed by atoms with Crippen molar-refractivity contribution in [2.45, 2.75) is 66.0 Å². The van der Waals surface area contributed by atoms with Gasteiger partial charge in [-0.3, -0.25) is 9.69 Å². The fourth-order valence-corrected chi connectivity index (χ4v) is 6.14. The molecule has 0 aromatic heterocycles. The number of nitrogens with zero attached hydrogens (tertiary/aromatic N) is 2. The third-order valence-corrected chi connectivity index (χ3v) is 7.75. The quantitative estimate of drug-likeness (QED) is 0.599. The fourth-order valence-electron chi connectivity index (χ4n) is 6.14. The molecule has 1 fully saturated rings. The number of carbonyl (C=O) groups is 1. The molecule has 0 unspecified atom stereocenters. The Bertz CT molecular complexity index is 1060. The van der Waals surface area contributed by atoms with Crippen molar-refractivity contribution in [3.05, 3.63) is 58.1 Å². The Hall–Kier alpha value is -2.53. The van der Waals surface area contributed by atoms with E-state index in [0.717, 1.165) is 70.8 Å². The average molecular weight is 476 g/mol. The van der Waals surface area contributed by atoms with Crippen LogP contribution in [0.3, 0.4) is 0 Å². The largest absolute Gasteiger partial charge is 0.493 e. The number of ether oxygens (including phenoxy) is 1. The molecule has 2 aromatic rings. The van der Waals surface area contributed by atoms with Gasteiger partial charge >= 0.3 is 0 Å². The molecule has 3 aliphatic rings. The van der Waals surface area contributed by atoms with Gasteiger partial charge in [0, 0.05) is 38.4 Å². The molecule has 1 amide bonds. The van der Waals surface area contributed by atoms with Crippen molar-refractivity contribution in [2.75, 3.05) is 38.1 Å². The Morgan fingerprint density at radius 1 is 1.23 bits per heavy atom. The third-order valence-electron chi connectivity index (χ3n) is 7.75. The number of hydrogen-bond acceptors (Lipinski definition) is 4. The second kappa shape index (κ2) is 10.6. The summed E-state index contributed by atoms with van der Waals surface area (Å²) in [6.45, 7) is 12.7. The van der Waals surface area contributed by atoms with Crippen LogP contribution in [0.1, 0.15) is 60.9 Å². The zero-order valence-electron chi connectivity index (χ0n) is 21.7. The molecule has 1 saturated heterocycles. The first-order chi connectivity index (χ1) is 17.0. The van der Waals surface area contributed by atoms with Gasteiger partial charge in [0.05, 0.1) is 12.5 Å². The van der Waals surface area contributed by atoms with E-state index in [-0.39, 0.29) is 5.92 Å². The van der Waals surface area contributed by atoms with Crippen molar-refractivity contribution >= 4 is 11.6 Å². The van der Waals surface area contributed by atoms with Crippen LogP contribution in [-0.4, -0.2) is 48.5 Å². The van der Waals surface area contributed by atoms with Gasteiger partial charge in [0.2, 0.25) is 5.91 Å². The number of aryl methyl sites for hydroxylation is 2. The summed E-state index contributed by atoms with van der Waals surface area (Å²) in [5, 5.41) is 3.49. The number of anilines is 1. The lowest BCUT2D eigenvalue weighted by molar-refractivity contribution is -0.136. The Kier molecular flexibility index (Phi) is 7.33. The number of likely N-dealkylation sites (tertiary alicyclic amines) is 1. The van der Waals surface area contributed by atoms with Crippen LogP contribution in [0.5, 0.6) is 5.75 Å². The van der Waals surface area contributed by atoms with E-state index in [1.807, 2.05) is 0 Å². The highest BCUT2D eigenvalue weighted by Crippen LogP contribution is 2.31. The molecule has 0 bridgehead atoms. The highest BCUT2D eigenvalue weighted by Gasteiger charge is 2.32. The second-order valence-corrected chi connectivity index (χ2v) is 11.2. The summed E-state index contributed by atoms with van der Waals surface area (Å²) >= 11 is 0. The summed E-state index contributed by atoms with van der Waals surface area (Å²) in [6, 6.07) is 11.1. The molecular weight excluding hydrogens is 434 g/mol. The maximum absolute atomic E-state index is 13.8. The molecule has 0 aliphatic carbocycles. The molecule has 5 heteroatoms. The summed E-state index contributed by atoms with van der Waals surface area (Å²) in [6.07, 6.45) is 5.41. The average Bonchev–Trinajstić information content (AvgIpc) is 3.43. The first-order valence-corrected chi connectivity index (χ1v) is 13.6. The minimum absolute atomic E-state index is 0.0916. The van der Waals surface area contributed by atoms with Gasteiger partial charge in [0.25, 0.3) is 0 Å². The molecule has 5 nitrogen and oxygen atoms in total. The molecule has 1 N–H and O–H groups in total. The van der Waals surface area contributed by atoms with Crippen LogP contribution >= 0.6 is 0 Å². The maximum Gasteiger partial charge on any atom is 0.227 e. The summed E-state index contributed by atoms with van der Waals surface area (Å²) in [4.78, 5) is 18.4. The van der Waals surface area contributed by atoms with Gasteiger partial charge in [-0.2, -0.15) is 0 Å². The van der Waals surface area contributed by atoms with E-state index in [1.54, 1.807) is 0 Å². The normalized spacial score (nSPS) is 19.6. The van der Waals surface area contributed by atoms with Gasteiger partial charge in [0.1, 0.15) is 5.75 Å². The molecule has 188 valence electrons. The highest BCUT2D eigenvalue weighted by molar-refractivity contribution is 5.79. The van der Waals surface area contributed by atoms with Crippen molar-refractivity contribution in [1.82, 2.24) is 9.80 Å². The van der Waals surface area contributed by atoms with E-state index in [9.17, 15) is 4.79 Å². The highest BCUT2D eigenvalue weighted by atomic mass is 16.5. The number of carbonyl (C=O) groups excluding carboxylic acids is 1. The summed E-state index contributed by atoms with van der Waals surface area (Å²) < 4.78 is 6.03. The zero-order valence-corrected chi connectivity index (χ0v) is 21.7. The molecule has 1 atom stereocenters. The summed E-state index contributed by atoms with van der Waals surface area (Å²) in [7, 11) is 0. The van der Waals surface area contributed by atoms with E-state index < -0.39 is 0 Å². The molecular formula is C30H41N3O2. The Morgan fingerprint density at radius 2 is 2.11 bits per heavy atom. The SMILES string of the molecule is Cc1cc(CN(CC(C)C)C(=O)[C@@H]2CCN(Cc3cccc4c3CCN4)C2)cc2c1OCCCC2. The van der Waals surface area contributed by atoms with Crippen molar-refractivity contribution in [2.24, 2.45) is 11.8 Å². The number of benzene rings is 2. The predicted molar refractivity (Wildman–Crippen MR) is 142 cm³/mol. The van der Waals surface area contributed by atoms with E-state index in [4.69, 9.17) is 4.74 Å². The van der Waals surface area contributed by atoms with Gasteiger partial charge in [-0.25, -0.2) is 0 Å². The Balaban J connectivity index is 1.27. The predicted octanol–water partition coefficient (Wildman–Crippen LogP) is 5.18. The lowest BCUT2D eigenvalue weighted by Gasteiger charge is -2.28. The lowest BCUT2D eigenvalue weighted by atomic mass is 10.00. The van der Waals surface area contributed by atoms with E-state index in [0.29, 0.717) is 18.4 Å². The van der Waals surface area contributed by atoms with Gasteiger partial charge in [-0.1, -0.05) is 38.1 Å². The maximum atomic E-state index is 13.8. The summed E-state index contributed by atoms with van der Waals surface area (Å²) in [5.41, 5.74) is 7.93. The Morgan fingerprint density at radius 3 is 2.97 bits per heavy atom. The molecule has 5 rings (SSSR count). The first kappa shape index (κ1) is 24.2. The van der Waals surface area contributed by atoms with E-state index >= 15 is 0 Å². The van der Waals surface area contributed by atoms with Crippen LogP contribution in [0.25, 0.3) is 0 Å². The number of amides is 1. The zero-order chi connectivity index (χ0) is 24.4. The van der Waals surface area contributed by atoms with Crippen molar-refractivity contribution in [3.8, 4) is 5.75 Å². The molecule has 3 heterocycles. The van der Waals surface area contributed by atoms with Crippen LogP contribution in [0.15, 0.2) is 30.3 Å². The van der Waals surface area contributed by atoms with Crippen LogP contribution in [0.4, 0.5) is 5.69 Å². The third kappa shape index (κ3) is 5.50. The van der Waals surface area contributed by atoms with Crippen LogP contribution in [-0.2, 0) is 30.7 Å². The smallest absolute Gasteiger partial charge is 0.227 e. The van der Waals surface area contributed by atoms with Gasteiger partial charge in [0.15, 0.2) is 0 Å². The van der Waals surface area contributed by atoms with Crippen molar-refractivity contribution in [3.63, 3.8) is 0 Å². The molecule has 0 radical (unpaired) electrons. The fraction of sp³-hybridized carbons (Fsp3) is 0.567. The standard InChI is InChI=1S/C30H41N3O2/c1-21(2)17-33(18-23-15-22(3)29-24(16-23)7-4-5-14-35-29)30(34)26-11-13-32(20-26)19-25-8-6-9-28-27(25)10-12-31-28/h6,8-9,15-16,21,26,31H,4-5,7,10-14,17-20H2,1-3H3/t26-/m1/s1. The van der Waals surface area contributed by atoms with E-state index in [1.165, 1.54) is 39.9 Å². The van der Waals surface area contributed by atoms with Crippen LogP contribution in [0, 0.1) is 18.8 Å². The van der Waals surface area contributed by atoms with Gasteiger partial charge < -0.3 is 15.0 Å². The van der Waals surface area contributed by atoms with Crippen molar-refractivity contribution < 1.29 is 9.53 Å². The minimum atomic E-state index is 0.0916. The summed E-state index contributed by atoms with van der Waals surface area (Å²) in [5.74, 6) is 1.93. The number of nitrogens with one attached hydrogen (secondary N) is 1. The monoisotopic (exact) mass is 475 g/mol. The number of rotatable bonds is 7. The Labute approximate surface area is 210 Å². The second-order valence-electron chi connectivity index (χ2n) is 11.2. The van der Waals surface area contributed by atoms with Gasteiger partial charge in [-0.05, 0) is 85.4 Å². The molecule has 2 aromatic carbocycles. The minimum Gasteiger partial charge on any atom is -0.493 e. The number of fused-ring (bicyclic) bond motifs is 2.